The average Bonchev–Trinajstić information content (AvgIpc) is 2.58. The molecular weight excluding hydrogens is 641 g/mol. The van der Waals surface area contributed by atoms with Gasteiger partial charge in [-0.05, 0) is 37.0 Å². The van der Waals surface area contributed by atoms with Crippen LogP contribution in [-0.2, 0) is 9.53 Å². The predicted molar refractivity (Wildman–Crippen MR) is 125 cm³/mol. The minimum absolute atomic E-state index is 0. The molecule has 0 spiro atoms. The number of amides is 1. The number of halogens is 5. The molecule has 7 N–H and O–H groups in total. The summed E-state index contributed by atoms with van der Waals surface area (Å²) in [5.74, 6) is -0.608. The van der Waals surface area contributed by atoms with Gasteiger partial charge in [-0.1, -0.05) is 35.2 Å². The summed E-state index contributed by atoms with van der Waals surface area (Å²) in [6.45, 7) is 0. The number of hydrogen-bond acceptors (Lipinski definition) is 4. The van der Waals surface area contributed by atoms with Gasteiger partial charge >= 0.3 is 55.5 Å². The van der Waals surface area contributed by atoms with E-state index in [4.69, 9.17) is 46.2 Å². The first-order valence-electron chi connectivity index (χ1n) is 8.22. The summed E-state index contributed by atoms with van der Waals surface area (Å²) < 4.78 is 5.66. The Hall–Kier alpha value is 0.319. The molecule has 0 aromatic heterocycles. The van der Waals surface area contributed by atoms with Crippen molar-refractivity contribution in [2.45, 2.75) is 38.1 Å². The zero-order valence-corrected chi connectivity index (χ0v) is 23.1. The Bertz CT molecular complexity index is 655. The fraction of sp³-hybridized carbons (Fsp3) is 0.500. The van der Waals surface area contributed by atoms with Crippen molar-refractivity contribution in [2.75, 3.05) is 12.8 Å². The number of esters is 1. The summed E-state index contributed by atoms with van der Waals surface area (Å²) in [5, 5.41) is 2.81. The molecule has 0 aliphatic heterocycles. The molecule has 2 rings (SSSR count). The van der Waals surface area contributed by atoms with Crippen LogP contribution < -0.4 is 11.1 Å². The number of carbonyl (C=O) groups is 2. The van der Waals surface area contributed by atoms with Crippen LogP contribution >= 0.6 is 51.6 Å². The van der Waals surface area contributed by atoms with Gasteiger partial charge in [0.15, 0.2) is 0 Å². The van der Waals surface area contributed by atoms with Crippen LogP contribution in [0.5, 0.6) is 0 Å². The van der Waals surface area contributed by atoms with Gasteiger partial charge in [-0.25, -0.2) is 4.79 Å². The number of carbonyl (C=O) groups excluding carboxylic acids is 2. The van der Waals surface area contributed by atoms with Crippen molar-refractivity contribution in [1.82, 2.24) is 5.32 Å². The van der Waals surface area contributed by atoms with Gasteiger partial charge in [-0.2, -0.15) is 0 Å². The number of rotatable bonds is 4. The molecule has 1 saturated carbocycles. The molecule has 0 heterocycles. The molecule has 29 heavy (non-hydrogen) atoms. The molecule has 1 aliphatic rings. The van der Waals surface area contributed by atoms with Crippen molar-refractivity contribution >= 4 is 83.0 Å². The normalized spacial score (nSPS) is 14.8. The Labute approximate surface area is 197 Å². The Morgan fingerprint density at radius 1 is 1.17 bits per heavy atom. The maximum absolute atomic E-state index is 12.4. The third-order valence-corrected chi connectivity index (χ3v) is 4.61. The van der Waals surface area contributed by atoms with E-state index in [2.05, 4.69) is 21.2 Å². The molecule has 1 aliphatic carbocycles. The molecule has 168 valence electrons. The summed E-state index contributed by atoms with van der Waals surface area (Å²) in [5.41, 5.74) is 6.62. The average molecular weight is 666 g/mol. The standard InChI is InChI=1S/C16H21BrN2O3.4ClH.2H2O.Sn/c1-22-16(21)14(10-5-3-2-4-6-10)19-15(20)12-8-7-11(17)9-13(12)18;;;;;;;/h7-10,14H,2-6,18H2,1H3,(H,19,20);4*1H;2*1H2;/q;;;;;;;+4/p-4/t14-;;;;;;;/m0......./s1. The van der Waals surface area contributed by atoms with Gasteiger partial charge in [-0.3, -0.25) is 4.79 Å². The zero-order valence-electron chi connectivity index (χ0n) is 15.6. The van der Waals surface area contributed by atoms with E-state index in [9.17, 15) is 9.59 Å². The first-order valence-corrected chi connectivity index (χ1v) is 23.5. The molecule has 1 amide bonds. The number of benzene rings is 1. The molecule has 0 radical (unpaired) electrons. The van der Waals surface area contributed by atoms with Crippen LogP contribution in [0.2, 0.25) is 0 Å². The maximum atomic E-state index is 12.4. The fourth-order valence-electron chi connectivity index (χ4n) is 2.92. The van der Waals surface area contributed by atoms with Crippen molar-refractivity contribution < 1.29 is 25.3 Å². The molecule has 0 unspecified atom stereocenters. The van der Waals surface area contributed by atoms with Crippen molar-refractivity contribution in [3.8, 4) is 0 Å². The SMILES string of the molecule is COC(=O)[C@@H](NC(=O)c1ccc(Br)cc1N)C1CCCCC1.O.O.[Cl][Sn]([Cl])([Cl])[Cl]. The Morgan fingerprint density at radius 2 is 1.69 bits per heavy atom. The van der Waals surface area contributed by atoms with Crippen LogP contribution in [0.4, 0.5) is 5.69 Å². The summed E-state index contributed by atoms with van der Waals surface area (Å²) in [7, 11) is 21.5. The van der Waals surface area contributed by atoms with E-state index >= 15 is 0 Å². The quantitative estimate of drug-likeness (QED) is 0.288. The van der Waals surface area contributed by atoms with Gasteiger partial charge in [-0.15, -0.1) is 0 Å². The Kier molecular flexibility index (Phi) is 16.5. The zero-order chi connectivity index (χ0) is 20.6. The number of methoxy groups -OCH3 is 1. The van der Waals surface area contributed by atoms with Crippen LogP contribution in [0.1, 0.15) is 42.5 Å². The van der Waals surface area contributed by atoms with E-state index in [1.54, 1.807) is 18.2 Å². The minimum atomic E-state index is -3.29. The molecule has 7 nitrogen and oxygen atoms in total. The van der Waals surface area contributed by atoms with Gasteiger partial charge in [0.05, 0.1) is 12.7 Å². The van der Waals surface area contributed by atoms with E-state index < -0.39 is 25.9 Å². The van der Waals surface area contributed by atoms with E-state index in [1.165, 1.54) is 13.5 Å². The van der Waals surface area contributed by atoms with Crippen LogP contribution in [-0.4, -0.2) is 49.9 Å². The molecule has 1 atom stereocenters. The van der Waals surface area contributed by atoms with Crippen molar-refractivity contribution in [3.63, 3.8) is 0 Å². The number of anilines is 1. The molecule has 1 fully saturated rings. The predicted octanol–water partition coefficient (Wildman–Crippen LogP) is 3.61. The number of hydrogen-bond donors (Lipinski definition) is 2. The van der Waals surface area contributed by atoms with E-state index in [1.807, 2.05) is 0 Å². The van der Waals surface area contributed by atoms with Crippen molar-refractivity contribution in [1.29, 1.82) is 0 Å². The molecular formula is C16H25BrCl4N2O5Sn. The number of nitrogens with two attached hydrogens (primary N) is 1. The second-order valence-electron chi connectivity index (χ2n) is 6.03. The number of nitrogens with one attached hydrogen (secondary N) is 1. The van der Waals surface area contributed by atoms with Crippen LogP contribution in [0, 0.1) is 5.92 Å². The van der Waals surface area contributed by atoms with Crippen LogP contribution in [0.15, 0.2) is 22.7 Å². The van der Waals surface area contributed by atoms with Gasteiger partial charge in [0.1, 0.15) is 6.04 Å². The Morgan fingerprint density at radius 3 is 2.14 bits per heavy atom. The second-order valence-corrected chi connectivity index (χ2v) is 32.4. The van der Waals surface area contributed by atoms with Gasteiger partial charge in [0.25, 0.3) is 5.91 Å². The van der Waals surface area contributed by atoms with E-state index in [0.29, 0.717) is 11.3 Å². The summed E-state index contributed by atoms with van der Waals surface area (Å²) in [4.78, 5) is 24.5. The molecule has 0 bridgehead atoms. The summed E-state index contributed by atoms with van der Waals surface area (Å²) in [6.07, 6.45) is 5.19. The Balaban J connectivity index is 0. The second kappa shape index (κ2) is 15.2. The van der Waals surface area contributed by atoms with Crippen molar-refractivity contribution in [3.05, 3.63) is 28.2 Å². The van der Waals surface area contributed by atoms with Crippen molar-refractivity contribution in [2.24, 2.45) is 5.92 Å². The van der Waals surface area contributed by atoms with Crippen LogP contribution in [0.3, 0.4) is 0 Å². The molecule has 1 aromatic carbocycles. The molecule has 0 saturated heterocycles. The number of nitrogen functional groups attached to an aromatic ring is 1. The summed E-state index contributed by atoms with van der Waals surface area (Å²) >= 11 is 0.0163. The first-order chi connectivity index (χ1) is 12.5. The van der Waals surface area contributed by atoms with Gasteiger partial charge in [0.2, 0.25) is 0 Å². The molecule has 1 aromatic rings. The van der Waals surface area contributed by atoms with Gasteiger partial charge in [0, 0.05) is 10.2 Å². The van der Waals surface area contributed by atoms with Crippen LogP contribution in [0.25, 0.3) is 0 Å². The third-order valence-electron chi connectivity index (χ3n) is 4.12. The monoisotopic (exact) mass is 664 g/mol. The van der Waals surface area contributed by atoms with Gasteiger partial charge < -0.3 is 26.7 Å². The molecule has 13 heteroatoms. The van der Waals surface area contributed by atoms with E-state index in [-0.39, 0.29) is 22.8 Å². The topological polar surface area (TPSA) is 144 Å². The third kappa shape index (κ3) is 12.7. The number of ether oxygens (including phenoxy) is 1. The van der Waals surface area contributed by atoms with E-state index in [0.717, 1.165) is 30.2 Å². The first kappa shape index (κ1) is 31.5. The summed E-state index contributed by atoms with van der Waals surface area (Å²) in [6, 6.07) is 4.45. The fourth-order valence-corrected chi connectivity index (χ4v) is 3.30.